The minimum atomic E-state index is -0.553. The number of carbonyl (C=O) groups excluding carboxylic acids is 1. The molecule has 1 aliphatic carbocycles. The molecule has 21 heavy (non-hydrogen) atoms. The van der Waals surface area contributed by atoms with Gasteiger partial charge in [-0.05, 0) is 45.6 Å². The number of hydrogen-bond acceptors (Lipinski definition) is 5. The van der Waals surface area contributed by atoms with Crippen molar-refractivity contribution in [3.63, 3.8) is 0 Å². The number of hydrogen-bond donors (Lipinski definition) is 1. The zero-order valence-electron chi connectivity index (χ0n) is 13.4. The highest BCUT2D eigenvalue weighted by Crippen LogP contribution is 2.33. The van der Waals surface area contributed by atoms with Gasteiger partial charge in [-0.1, -0.05) is 6.92 Å². The highest BCUT2D eigenvalue weighted by Gasteiger charge is 2.46. The third-order valence-corrected chi connectivity index (χ3v) is 4.44. The lowest BCUT2D eigenvalue weighted by molar-refractivity contribution is -0.151. The van der Waals surface area contributed by atoms with E-state index in [0.29, 0.717) is 19.6 Å². The Morgan fingerprint density at radius 2 is 2.19 bits per heavy atom. The summed E-state index contributed by atoms with van der Waals surface area (Å²) in [7, 11) is 0. The fourth-order valence-electron chi connectivity index (χ4n) is 3.35. The average molecular weight is 299 g/mol. The van der Waals surface area contributed by atoms with E-state index < -0.39 is 5.54 Å². The summed E-state index contributed by atoms with van der Waals surface area (Å²) in [4.78, 5) is 12.2. The van der Waals surface area contributed by atoms with Crippen molar-refractivity contribution in [1.82, 2.24) is 5.32 Å². The predicted molar refractivity (Wildman–Crippen MR) is 80.2 cm³/mol. The van der Waals surface area contributed by atoms with E-state index in [1.165, 1.54) is 6.42 Å². The normalized spacial score (nSPS) is 33.0. The molecule has 1 saturated carbocycles. The molecule has 0 aromatic carbocycles. The van der Waals surface area contributed by atoms with E-state index in [-0.39, 0.29) is 18.2 Å². The summed E-state index contributed by atoms with van der Waals surface area (Å²) in [5.41, 5.74) is -0.553. The number of carbonyl (C=O) groups is 1. The van der Waals surface area contributed by atoms with E-state index >= 15 is 0 Å². The molecule has 1 heterocycles. The summed E-state index contributed by atoms with van der Waals surface area (Å²) < 4.78 is 16.9. The molecule has 2 rings (SSSR count). The van der Waals surface area contributed by atoms with Crippen molar-refractivity contribution >= 4 is 5.97 Å². The van der Waals surface area contributed by atoms with Crippen LogP contribution in [-0.2, 0) is 19.0 Å². The first-order valence-corrected chi connectivity index (χ1v) is 8.35. The van der Waals surface area contributed by atoms with Gasteiger partial charge in [0.2, 0.25) is 0 Å². The van der Waals surface area contributed by atoms with Crippen LogP contribution in [0.3, 0.4) is 0 Å². The van der Waals surface area contributed by atoms with Crippen LogP contribution in [0, 0.1) is 0 Å². The minimum absolute atomic E-state index is 0.124. The molecular weight excluding hydrogens is 270 g/mol. The maximum atomic E-state index is 12.2. The van der Waals surface area contributed by atoms with Crippen molar-refractivity contribution in [2.75, 3.05) is 26.4 Å². The van der Waals surface area contributed by atoms with Gasteiger partial charge in [-0.3, -0.25) is 4.79 Å². The van der Waals surface area contributed by atoms with Crippen molar-refractivity contribution in [2.45, 2.75) is 70.1 Å². The second-order valence-electron chi connectivity index (χ2n) is 6.02. The zero-order valence-corrected chi connectivity index (χ0v) is 13.4. The lowest BCUT2D eigenvalue weighted by Crippen LogP contribution is -2.51. The first-order chi connectivity index (χ1) is 10.2. The number of ether oxygens (including phenoxy) is 3. The number of rotatable bonds is 7. The molecule has 1 saturated heterocycles. The van der Waals surface area contributed by atoms with Crippen molar-refractivity contribution < 1.29 is 19.0 Å². The summed E-state index contributed by atoms with van der Waals surface area (Å²) in [6.07, 6.45) is 6.22. The van der Waals surface area contributed by atoms with E-state index in [1.54, 1.807) is 0 Å². The Kier molecular flexibility index (Phi) is 6.45. The predicted octanol–water partition coefficient (Wildman–Crippen LogP) is 2.04. The van der Waals surface area contributed by atoms with E-state index in [2.05, 4.69) is 5.32 Å². The molecule has 3 atom stereocenters. The molecule has 0 amide bonds. The Morgan fingerprint density at radius 1 is 1.33 bits per heavy atom. The maximum Gasteiger partial charge on any atom is 0.326 e. The van der Waals surface area contributed by atoms with Gasteiger partial charge in [0.05, 0.1) is 25.4 Å². The van der Waals surface area contributed by atoms with Crippen LogP contribution < -0.4 is 5.32 Å². The summed E-state index contributed by atoms with van der Waals surface area (Å²) in [5.74, 6) is -0.133. The van der Waals surface area contributed by atoms with Gasteiger partial charge in [-0.15, -0.1) is 0 Å². The average Bonchev–Trinajstić information content (AvgIpc) is 2.92. The lowest BCUT2D eigenvalue weighted by atomic mass is 9.97. The van der Waals surface area contributed by atoms with Gasteiger partial charge in [0.15, 0.2) is 0 Å². The van der Waals surface area contributed by atoms with Crippen LogP contribution in [-0.4, -0.2) is 50.1 Å². The molecule has 0 aromatic heterocycles. The smallest absolute Gasteiger partial charge is 0.326 e. The van der Waals surface area contributed by atoms with Crippen molar-refractivity contribution in [3.8, 4) is 0 Å². The molecular formula is C16H29NO4. The molecule has 5 heteroatoms. The fourth-order valence-corrected chi connectivity index (χ4v) is 3.35. The number of esters is 1. The molecule has 0 bridgehead atoms. The molecule has 2 fully saturated rings. The van der Waals surface area contributed by atoms with Crippen LogP contribution in [0.5, 0.6) is 0 Å². The molecule has 5 nitrogen and oxygen atoms in total. The molecule has 122 valence electrons. The van der Waals surface area contributed by atoms with Crippen LogP contribution in [0.2, 0.25) is 0 Å². The molecule has 0 radical (unpaired) electrons. The summed E-state index contributed by atoms with van der Waals surface area (Å²) in [6, 6.07) is 0. The van der Waals surface area contributed by atoms with E-state index in [9.17, 15) is 4.79 Å². The zero-order chi connectivity index (χ0) is 15.1. The largest absolute Gasteiger partial charge is 0.465 e. The Labute approximate surface area is 127 Å². The van der Waals surface area contributed by atoms with Gasteiger partial charge in [-0.25, -0.2) is 0 Å². The summed E-state index contributed by atoms with van der Waals surface area (Å²) in [6.45, 7) is 6.55. The Hall–Kier alpha value is -0.650. The highest BCUT2D eigenvalue weighted by molar-refractivity contribution is 5.81. The SMILES string of the molecule is CCNC1(C(=O)OCC)CCC(OCC2CCCCO2)C1. The topological polar surface area (TPSA) is 56.8 Å². The molecule has 0 spiro atoms. The van der Waals surface area contributed by atoms with Gasteiger partial charge < -0.3 is 19.5 Å². The van der Waals surface area contributed by atoms with E-state index in [1.807, 2.05) is 13.8 Å². The number of likely N-dealkylation sites (N-methyl/N-ethyl adjacent to an activating group) is 1. The Morgan fingerprint density at radius 3 is 2.86 bits per heavy atom. The van der Waals surface area contributed by atoms with Crippen LogP contribution in [0.25, 0.3) is 0 Å². The quantitative estimate of drug-likeness (QED) is 0.729. The second-order valence-corrected chi connectivity index (χ2v) is 6.02. The lowest BCUT2D eigenvalue weighted by Gasteiger charge is -2.28. The Bertz CT molecular complexity index is 330. The molecule has 1 N–H and O–H groups in total. The first kappa shape index (κ1) is 16.7. The van der Waals surface area contributed by atoms with Gasteiger partial charge in [0.25, 0.3) is 0 Å². The monoisotopic (exact) mass is 299 g/mol. The first-order valence-electron chi connectivity index (χ1n) is 8.35. The maximum absolute atomic E-state index is 12.2. The van der Waals surface area contributed by atoms with Crippen molar-refractivity contribution in [1.29, 1.82) is 0 Å². The van der Waals surface area contributed by atoms with E-state index in [0.717, 1.165) is 38.8 Å². The third kappa shape index (κ3) is 4.41. The molecule has 3 unspecified atom stereocenters. The fraction of sp³-hybridized carbons (Fsp3) is 0.938. The van der Waals surface area contributed by atoms with Crippen LogP contribution in [0.4, 0.5) is 0 Å². The van der Waals surface area contributed by atoms with Gasteiger partial charge in [0, 0.05) is 13.0 Å². The van der Waals surface area contributed by atoms with E-state index in [4.69, 9.17) is 14.2 Å². The van der Waals surface area contributed by atoms with Crippen LogP contribution >= 0.6 is 0 Å². The standard InChI is InChI=1S/C16H29NO4/c1-3-17-16(15(18)19-4-2)9-8-13(11-16)21-12-14-7-5-6-10-20-14/h13-14,17H,3-12H2,1-2H3. The summed E-state index contributed by atoms with van der Waals surface area (Å²) in [5, 5.41) is 3.32. The van der Waals surface area contributed by atoms with Crippen molar-refractivity contribution in [2.24, 2.45) is 0 Å². The Balaban J connectivity index is 1.82. The highest BCUT2D eigenvalue weighted by atomic mass is 16.5. The molecule has 0 aromatic rings. The summed E-state index contributed by atoms with van der Waals surface area (Å²) >= 11 is 0. The van der Waals surface area contributed by atoms with Gasteiger partial charge in [-0.2, -0.15) is 0 Å². The van der Waals surface area contributed by atoms with Gasteiger partial charge in [0.1, 0.15) is 5.54 Å². The third-order valence-electron chi connectivity index (χ3n) is 4.44. The second kappa shape index (κ2) is 8.11. The van der Waals surface area contributed by atoms with Gasteiger partial charge >= 0.3 is 5.97 Å². The van der Waals surface area contributed by atoms with Crippen LogP contribution in [0.15, 0.2) is 0 Å². The minimum Gasteiger partial charge on any atom is -0.465 e. The van der Waals surface area contributed by atoms with Crippen molar-refractivity contribution in [3.05, 3.63) is 0 Å². The molecule has 1 aliphatic heterocycles. The molecule has 2 aliphatic rings. The number of nitrogens with one attached hydrogen (secondary N) is 1. The van der Waals surface area contributed by atoms with Crippen LogP contribution in [0.1, 0.15) is 52.4 Å².